The number of rotatable bonds is 8. The molecule has 150 valence electrons. The molecule has 0 fully saturated rings. The van der Waals surface area contributed by atoms with Gasteiger partial charge in [-0.05, 0) is 54.8 Å². The summed E-state index contributed by atoms with van der Waals surface area (Å²) in [6.07, 6.45) is 0.201. The van der Waals surface area contributed by atoms with Crippen molar-refractivity contribution >= 4 is 23.9 Å². The molecule has 0 aliphatic carbocycles. The molecule has 1 atom stereocenters. The second-order valence-corrected chi connectivity index (χ2v) is 8.92. The highest BCUT2D eigenvalue weighted by Gasteiger charge is 2.32. The summed E-state index contributed by atoms with van der Waals surface area (Å²) < 4.78 is 19.4. The Bertz CT molecular complexity index is 928. The van der Waals surface area contributed by atoms with Crippen LogP contribution in [0.15, 0.2) is 84.9 Å². The molecule has 6 heteroatoms. The van der Waals surface area contributed by atoms with Crippen LogP contribution in [0.1, 0.15) is 34.9 Å². The third-order valence-corrected chi connectivity index (χ3v) is 6.95. The summed E-state index contributed by atoms with van der Waals surface area (Å²) in [4.78, 5) is 12.8. The fourth-order valence-electron chi connectivity index (χ4n) is 2.97. The topological polar surface area (TPSA) is 83.8 Å². The molecule has 2 N–H and O–H groups in total. The van der Waals surface area contributed by atoms with E-state index in [0.29, 0.717) is 29.0 Å². The van der Waals surface area contributed by atoms with Crippen LogP contribution in [-0.4, -0.2) is 22.8 Å². The van der Waals surface area contributed by atoms with Crippen molar-refractivity contribution in [3.63, 3.8) is 0 Å². The average molecular weight is 410 g/mol. The van der Waals surface area contributed by atoms with Crippen LogP contribution >= 0.6 is 7.37 Å². The van der Waals surface area contributed by atoms with Gasteiger partial charge in [0.05, 0.1) is 22.3 Å². The second kappa shape index (κ2) is 9.66. The molecule has 0 amide bonds. The van der Waals surface area contributed by atoms with Crippen molar-refractivity contribution in [2.75, 3.05) is 6.61 Å². The monoisotopic (exact) mass is 410 g/mol. The Morgan fingerprint density at radius 2 is 1.38 bits per heavy atom. The first-order chi connectivity index (χ1) is 14.0. The van der Waals surface area contributed by atoms with Gasteiger partial charge in [-0.15, -0.1) is 0 Å². The molecule has 1 unspecified atom stereocenters. The number of aliphatic hydroxyl groups excluding tert-OH is 2. The quantitative estimate of drug-likeness (QED) is 0.555. The maximum Gasteiger partial charge on any atom is 0.343 e. The molecule has 5 nitrogen and oxygen atoms in total. The van der Waals surface area contributed by atoms with Gasteiger partial charge in [-0.2, -0.15) is 0 Å². The van der Waals surface area contributed by atoms with E-state index < -0.39 is 19.4 Å². The lowest BCUT2D eigenvalue weighted by Crippen LogP contribution is -2.20. The lowest BCUT2D eigenvalue weighted by molar-refractivity contribution is 0.0746. The van der Waals surface area contributed by atoms with E-state index in [9.17, 15) is 14.5 Å². The molecule has 0 aromatic heterocycles. The van der Waals surface area contributed by atoms with Crippen LogP contribution in [0.25, 0.3) is 0 Å². The van der Waals surface area contributed by atoms with Crippen molar-refractivity contribution in [1.82, 2.24) is 0 Å². The molecule has 3 aromatic carbocycles. The molecule has 0 aliphatic heterocycles. The van der Waals surface area contributed by atoms with Gasteiger partial charge in [0.2, 0.25) is 0 Å². The van der Waals surface area contributed by atoms with Gasteiger partial charge in [0.1, 0.15) is 0 Å². The molecule has 3 rings (SSSR count). The SMILES string of the molecule is O=C(OP(=O)(c1ccccc1)c1ccccc1)c1ccc(C(O)CCCO)cc1. The maximum atomic E-state index is 13.8. The standard InChI is InChI=1S/C23H23O5P/c24-17-7-12-22(25)18-13-15-19(16-14-18)23(26)28-29(27,20-8-3-1-4-9-20)21-10-5-2-6-11-21/h1-6,8-11,13-16,22,24-25H,7,12,17H2. The Morgan fingerprint density at radius 1 is 0.862 bits per heavy atom. The molecular formula is C23H23O5P. The fraction of sp³-hybridized carbons (Fsp3) is 0.174. The predicted molar refractivity (Wildman–Crippen MR) is 113 cm³/mol. The molecule has 3 aromatic rings. The molecule has 0 spiro atoms. The van der Waals surface area contributed by atoms with Gasteiger partial charge in [0, 0.05) is 6.61 Å². The Balaban J connectivity index is 1.85. The summed E-state index contributed by atoms with van der Waals surface area (Å²) in [5.41, 5.74) is 0.888. The third-order valence-electron chi connectivity index (χ3n) is 4.57. The van der Waals surface area contributed by atoms with E-state index in [2.05, 4.69) is 0 Å². The van der Waals surface area contributed by atoms with Crippen LogP contribution in [0, 0.1) is 0 Å². The number of hydrogen-bond acceptors (Lipinski definition) is 5. The van der Waals surface area contributed by atoms with Crippen molar-refractivity contribution in [2.45, 2.75) is 18.9 Å². The molecule has 0 radical (unpaired) electrons. The average Bonchev–Trinajstić information content (AvgIpc) is 2.78. The van der Waals surface area contributed by atoms with Crippen molar-refractivity contribution in [1.29, 1.82) is 0 Å². The maximum absolute atomic E-state index is 13.8. The molecule has 0 heterocycles. The summed E-state index contributed by atoms with van der Waals surface area (Å²) in [7, 11) is -3.62. The summed E-state index contributed by atoms with van der Waals surface area (Å²) >= 11 is 0. The molecule has 0 bridgehead atoms. The first-order valence-electron chi connectivity index (χ1n) is 9.38. The Kier molecular flexibility index (Phi) is 6.99. The third kappa shape index (κ3) is 5.01. The lowest BCUT2D eigenvalue weighted by Gasteiger charge is -2.19. The minimum atomic E-state index is -3.62. The van der Waals surface area contributed by atoms with Gasteiger partial charge in [0.15, 0.2) is 0 Å². The van der Waals surface area contributed by atoms with Gasteiger partial charge >= 0.3 is 13.3 Å². The van der Waals surface area contributed by atoms with E-state index in [1.54, 1.807) is 72.8 Å². The lowest BCUT2D eigenvalue weighted by atomic mass is 10.0. The van der Waals surface area contributed by atoms with E-state index in [0.717, 1.165) is 0 Å². The summed E-state index contributed by atoms with van der Waals surface area (Å²) in [5, 5.41) is 19.9. The second-order valence-electron chi connectivity index (χ2n) is 6.60. The zero-order chi connectivity index (χ0) is 20.7. The summed E-state index contributed by atoms with van der Waals surface area (Å²) in [6, 6.07) is 23.7. The van der Waals surface area contributed by atoms with Gasteiger partial charge < -0.3 is 14.7 Å². The molecule has 29 heavy (non-hydrogen) atoms. The molecule has 0 saturated carbocycles. The van der Waals surface area contributed by atoms with Gasteiger partial charge in [-0.25, -0.2) is 4.79 Å². The van der Waals surface area contributed by atoms with Crippen LogP contribution < -0.4 is 10.6 Å². The van der Waals surface area contributed by atoms with Crippen molar-refractivity contribution in [3.8, 4) is 0 Å². The van der Waals surface area contributed by atoms with Crippen molar-refractivity contribution < 1.29 is 24.1 Å². The summed E-state index contributed by atoms with van der Waals surface area (Å²) in [5.74, 6) is -0.697. The van der Waals surface area contributed by atoms with E-state index in [1.165, 1.54) is 0 Å². The van der Waals surface area contributed by atoms with E-state index in [1.807, 2.05) is 12.1 Å². The van der Waals surface area contributed by atoms with E-state index in [4.69, 9.17) is 9.63 Å². The highest BCUT2D eigenvalue weighted by molar-refractivity contribution is 7.74. The van der Waals surface area contributed by atoms with E-state index in [-0.39, 0.29) is 12.2 Å². The van der Waals surface area contributed by atoms with Gasteiger partial charge in [-0.1, -0.05) is 48.5 Å². The molecule has 0 saturated heterocycles. The summed E-state index contributed by atoms with van der Waals surface area (Å²) in [6.45, 7) is 0.00965. The first-order valence-corrected chi connectivity index (χ1v) is 11.0. The Hall–Kier alpha value is -2.72. The molecular weight excluding hydrogens is 387 g/mol. The largest absolute Gasteiger partial charge is 0.401 e. The number of carbonyl (C=O) groups excluding carboxylic acids is 1. The minimum absolute atomic E-state index is 0.00965. The smallest absolute Gasteiger partial charge is 0.343 e. The number of carbonyl (C=O) groups is 1. The van der Waals surface area contributed by atoms with Crippen LogP contribution in [0.3, 0.4) is 0 Å². The van der Waals surface area contributed by atoms with Gasteiger partial charge in [-0.3, -0.25) is 4.57 Å². The number of hydrogen-bond donors (Lipinski definition) is 2. The zero-order valence-corrected chi connectivity index (χ0v) is 16.7. The first kappa shape index (κ1) is 21.0. The van der Waals surface area contributed by atoms with Crippen LogP contribution in [0.2, 0.25) is 0 Å². The van der Waals surface area contributed by atoms with Gasteiger partial charge in [0.25, 0.3) is 0 Å². The minimum Gasteiger partial charge on any atom is -0.401 e. The van der Waals surface area contributed by atoms with Crippen molar-refractivity contribution in [2.24, 2.45) is 0 Å². The van der Waals surface area contributed by atoms with Crippen molar-refractivity contribution in [3.05, 3.63) is 96.1 Å². The van der Waals surface area contributed by atoms with Crippen LogP contribution in [0.4, 0.5) is 0 Å². The predicted octanol–water partition coefficient (Wildman–Crippen LogP) is 3.58. The zero-order valence-electron chi connectivity index (χ0n) is 15.8. The number of benzene rings is 3. The Morgan fingerprint density at radius 3 is 1.86 bits per heavy atom. The van der Waals surface area contributed by atoms with Crippen LogP contribution in [0.5, 0.6) is 0 Å². The highest BCUT2D eigenvalue weighted by atomic mass is 31.2. The van der Waals surface area contributed by atoms with Crippen LogP contribution in [-0.2, 0) is 9.09 Å². The highest BCUT2D eigenvalue weighted by Crippen LogP contribution is 2.45. The molecule has 0 aliphatic rings. The Labute approximate surface area is 170 Å². The fourth-order valence-corrected chi connectivity index (χ4v) is 4.94. The van der Waals surface area contributed by atoms with E-state index >= 15 is 0 Å². The number of aliphatic hydroxyl groups is 2. The normalized spacial score (nSPS) is 12.3.